The summed E-state index contributed by atoms with van der Waals surface area (Å²) in [5, 5.41) is 9.66. The van der Waals surface area contributed by atoms with E-state index in [2.05, 4.69) is 59.6 Å². The molecule has 0 bridgehead atoms. The Labute approximate surface area is 235 Å². The highest BCUT2D eigenvalue weighted by molar-refractivity contribution is 6.27. The summed E-state index contributed by atoms with van der Waals surface area (Å²) in [5.41, 5.74) is 5.44. The van der Waals surface area contributed by atoms with Gasteiger partial charge in [0.25, 0.3) is 0 Å². The third-order valence-corrected chi connectivity index (χ3v) is 7.96. The molecule has 7 heteroatoms. The van der Waals surface area contributed by atoms with E-state index in [1.54, 1.807) is 0 Å². The zero-order chi connectivity index (χ0) is 26.2. The second-order valence-electron chi connectivity index (χ2n) is 10.1. The molecule has 0 aliphatic heterocycles. The van der Waals surface area contributed by atoms with Crippen LogP contribution >= 0.6 is 12.4 Å². The Morgan fingerprint density at radius 3 is 2.13 bits per heavy atom. The molecule has 0 atom stereocenters. The van der Waals surface area contributed by atoms with Gasteiger partial charge in [-0.2, -0.15) is 5.10 Å². The van der Waals surface area contributed by atoms with E-state index in [-0.39, 0.29) is 18.2 Å². The molecule has 4 rings (SSSR count). The maximum atomic E-state index is 13.7. The highest BCUT2D eigenvalue weighted by atomic mass is 35.5. The first-order valence-electron chi connectivity index (χ1n) is 14.5. The fourth-order valence-electron chi connectivity index (χ4n) is 5.57. The zero-order valence-corrected chi connectivity index (χ0v) is 24.6. The smallest absolute Gasteiger partial charge is 0.196 e. The number of unbranched alkanes of at least 4 members (excludes halogenated alkanes) is 4. The summed E-state index contributed by atoms with van der Waals surface area (Å²) in [6.07, 6.45) is 6.17. The maximum Gasteiger partial charge on any atom is 0.196 e. The van der Waals surface area contributed by atoms with Gasteiger partial charge in [0.15, 0.2) is 5.78 Å². The lowest BCUT2D eigenvalue weighted by Gasteiger charge is -2.19. The van der Waals surface area contributed by atoms with Crippen molar-refractivity contribution in [2.24, 2.45) is 0 Å². The number of carbonyl (C=O) groups is 1. The second-order valence-corrected chi connectivity index (χ2v) is 10.1. The van der Waals surface area contributed by atoms with Crippen LogP contribution in [-0.2, 0) is 6.54 Å². The number of carbonyl (C=O) groups excluding carboxylic acids is 1. The number of ketones is 1. The van der Waals surface area contributed by atoms with Crippen molar-refractivity contribution in [1.29, 1.82) is 0 Å². The third-order valence-electron chi connectivity index (χ3n) is 7.96. The summed E-state index contributed by atoms with van der Waals surface area (Å²) >= 11 is 0. The average Bonchev–Trinajstić information content (AvgIpc) is 3.30. The Bertz CT molecular complexity index is 1180. The van der Waals surface area contributed by atoms with E-state index in [9.17, 15) is 4.79 Å². The normalized spacial score (nSPS) is 12.3. The standard InChI is InChI=1S/C31H45N5O.ClH/c1-5-34(6-2)21-15-11-9-10-14-20-32-26-18-19-27-29-28(26)31(37)25-17-13-12-16-24(25)30(29)33-36(27)23-22-35(7-3)8-4;/h12-13,16-19,32H,5-11,14-15,20-23H2,1-4H3;1H. The number of fused-ring (bicyclic) bond motifs is 2. The van der Waals surface area contributed by atoms with Crippen LogP contribution in [-0.4, -0.2) is 71.2 Å². The largest absolute Gasteiger partial charge is 0.384 e. The van der Waals surface area contributed by atoms with Crippen LogP contribution in [0.4, 0.5) is 5.69 Å². The van der Waals surface area contributed by atoms with Gasteiger partial charge >= 0.3 is 0 Å². The summed E-state index contributed by atoms with van der Waals surface area (Å²) in [4.78, 5) is 18.6. The number of benzene rings is 2. The lowest BCUT2D eigenvalue weighted by atomic mass is 9.86. The van der Waals surface area contributed by atoms with Gasteiger partial charge in [-0.1, -0.05) is 71.2 Å². The number of hydrogen-bond acceptors (Lipinski definition) is 5. The van der Waals surface area contributed by atoms with E-state index < -0.39 is 0 Å². The molecule has 0 fully saturated rings. The molecule has 1 heterocycles. The summed E-state index contributed by atoms with van der Waals surface area (Å²) in [6.45, 7) is 17.1. The van der Waals surface area contributed by atoms with Crippen LogP contribution in [0.5, 0.6) is 0 Å². The van der Waals surface area contributed by atoms with E-state index in [1.807, 2.05) is 24.3 Å². The molecule has 0 unspecified atom stereocenters. The topological polar surface area (TPSA) is 53.4 Å². The van der Waals surface area contributed by atoms with Crippen LogP contribution < -0.4 is 5.32 Å². The first-order valence-corrected chi connectivity index (χ1v) is 14.5. The number of halogens is 1. The molecular formula is C31H46ClN5O. The molecule has 2 aromatic carbocycles. The average molecular weight is 540 g/mol. The van der Waals surface area contributed by atoms with Gasteiger partial charge in [-0.25, -0.2) is 0 Å². The van der Waals surface area contributed by atoms with E-state index in [4.69, 9.17) is 5.10 Å². The van der Waals surface area contributed by atoms with Gasteiger partial charge < -0.3 is 15.1 Å². The van der Waals surface area contributed by atoms with E-state index >= 15 is 0 Å². The summed E-state index contributed by atoms with van der Waals surface area (Å²) < 4.78 is 2.10. The summed E-state index contributed by atoms with van der Waals surface area (Å²) in [7, 11) is 0. The molecular weight excluding hydrogens is 494 g/mol. The molecule has 1 aliphatic rings. The molecule has 1 aromatic heterocycles. The maximum absolute atomic E-state index is 13.7. The molecule has 0 spiro atoms. The molecule has 1 aliphatic carbocycles. The Balaban J connectivity index is 0.00000400. The van der Waals surface area contributed by atoms with Gasteiger partial charge in [-0.05, 0) is 57.7 Å². The molecule has 0 radical (unpaired) electrons. The Morgan fingerprint density at radius 1 is 0.789 bits per heavy atom. The van der Waals surface area contributed by atoms with E-state index in [0.29, 0.717) is 0 Å². The number of rotatable bonds is 16. The zero-order valence-electron chi connectivity index (χ0n) is 23.8. The van der Waals surface area contributed by atoms with Crippen LogP contribution in [0.2, 0.25) is 0 Å². The first kappa shape index (κ1) is 30.1. The fourth-order valence-corrected chi connectivity index (χ4v) is 5.57. The van der Waals surface area contributed by atoms with Crippen molar-refractivity contribution in [1.82, 2.24) is 19.6 Å². The van der Waals surface area contributed by atoms with Gasteiger partial charge in [0.05, 0.1) is 17.6 Å². The Hall–Kier alpha value is -2.41. The lowest BCUT2D eigenvalue weighted by molar-refractivity contribution is 0.104. The van der Waals surface area contributed by atoms with Gasteiger partial charge in [0, 0.05) is 35.3 Å². The highest BCUT2D eigenvalue weighted by Gasteiger charge is 2.30. The first-order chi connectivity index (χ1) is 18.1. The fraction of sp³-hybridized carbons (Fsp3) is 0.548. The number of anilines is 1. The van der Waals surface area contributed by atoms with E-state index in [1.165, 1.54) is 32.2 Å². The van der Waals surface area contributed by atoms with Gasteiger partial charge in [-0.3, -0.25) is 9.48 Å². The van der Waals surface area contributed by atoms with Crippen LogP contribution in [0.25, 0.3) is 22.2 Å². The van der Waals surface area contributed by atoms with Crippen molar-refractivity contribution in [3.8, 4) is 11.3 Å². The van der Waals surface area contributed by atoms with Crippen molar-refractivity contribution >= 4 is 34.8 Å². The molecule has 0 saturated carbocycles. The summed E-state index contributed by atoms with van der Waals surface area (Å²) in [5.74, 6) is 0.107. The van der Waals surface area contributed by atoms with Crippen molar-refractivity contribution in [2.45, 2.75) is 66.3 Å². The third kappa shape index (κ3) is 6.59. The van der Waals surface area contributed by atoms with Crippen molar-refractivity contribution < 1.29 is 4.79 Å². The number of nitrogens with zero attached hydrogens (tertiary/aromatic N) is 4. The minimum Gasteiger partial charge on any atom is -0.384 e. The minimum atomic E-state index is 0. The van der Waals surface area contributed by atoms with Crippen molar-refractivity contribution in [2.75, 3.05) is 51.1 Å². The molecule has 6 nitrogen and oxygen atoms in total. The molecule has 3 aromatic rings. The Kier molecular flexibility index (Phi) is 11.6. The molecule has 0 saturated heterocycles. The number of nitrogens with one attached hydrogen (secondary N) is 1. The van der Waals surface area contributed by atoms with Crippen LogP contribution in [0.1, 0.15) is 75.7 Å². The number of likely N-dealkylation sites (N-methyl/N-ethyl adjacent to an activating group) is 1. The molecule has 1 N–H and O–H groups in total. The van der Waals surface area contributed by atoms with E-state index in [0.717, 1.165) is 91.2 Å². The van der Waals surface area contributed by atoms with Crippen molar-refractivity contribution in [3.63, 3.8) is 0 Å². The van der Waals surface area contributed by atoms with Gasteiger partial charge in [0.2, 0.25) is 0 Å². The SMILES string of the molecule is CCN(CC)CCCCCCCNc1ccc2c3c(nn2CCN(CC)CC)-c2ccccc2C(=O)c13.Cl. The van der Waals surface area contributed by atoms with Gasteiger partial charge in [0.1, 0.15) is 5.69 Å². The molecule has 0 amide bonds. The summed E-state index contributed by atoms with van der Waals surface area (Å²) in [6, 6.07) is 12.2. The predicted molar refractivity (Wildman–Crippen MR) is 163 cm³/mol. The minimum absolute atomic E-state index is 0. The van der Waals surface area contributed by atoms with Crippen LogP contribution in [0, 0.1) is 0 Å². The van der Waals surface area contributed by atoms with Crippen LogP contribution in [0.15, 0.2) is 36.4 Å². The Morgan fingerprint density at radius 2 is 1.42 bits per heavy atom. The second kappa shape index (κ2) is 14.7. The van der Waals surface area contributed by atoms with Gasteiger partial charge in [-0.15, -0.1) is 12.4 Å². The lowest BCUT2D eigenvalue weighted by Crippen LogP contribution is -2.27. The van der Waals surface area contributed by atoms with Crippen LogP contribution in [0.3, 0.4) is 0 Å². The highest BCUT2D eigenvalue weighted by Crippen LogP contribution is 2.41. The predicted octanol–water partition coefficient (Wildman–Crippen LogP) is 6.72. The quantitative estimate of drug-likeness (QED) is 0.160. The molecule has 208 valence electrons. The number of hydrogen-bond donors (Lipinski definition) is 1. The molecule has 38 heavy (non-hydrogen) atoms. The van der Waals surface area contributed by atoms with Crippen molar-refractivity contribution in [3.05, 3.63) is 47.5 Å². The monoisotopic (exact) mass is 539 g/mol. The number of aromatic nitrogens is 2.